The summed E-state index contributed by atoms with van der Waals surface area (Å²) in [6.45, 7) is 5.81. The number of amides is 1. The Kier molecular flexibility index (Phi) is 3.81. The largest absolute Gasteiger partial charge is 0.361 e. The Balaban J connectivity index is 1.50. The van der Waals surface area contributed by atoms with E-state index in [1.165, 1.54) is 12.8 Å². The fraction of sp³-hybridized carbons (Fsp3) is 0.476. The van der Waals surface area contributed by atoms with Crippen LogP contribution in [0.3, 0.4) is 0 Å². The van der Waals surface area contributed by atoms with Crippen LogP contribution in [0.4, 0.5) is 0 Å². The van der Waals surface area contributed by atoms with E-state index in [2.05, 4.69) is 18.8 Å². The number of aromatic nitrogens is 4. The summed E-state index contributed by atoms with van der Waals surface area (Å²) < 4.78 is 2.04. The zero-order chi connectivity index (χ0) is 18.5. The summed E-state index contributed by atoms with van der Waals surface area (Å²) in [6.07, 6.45) is 5.19. The second-order valence-electron chi connectivity index (χ2n) is 8.25. The first kappa shape index (κ1) is 16.5. The molecule has 0 spiro atoms. The third kappa shape index (κ3) is 2.93. The lowest BCUT2D eigenvalue weighted by Gasteiger charge is -2.36. The third-order valence-electron chi connectivity index (χ3n) is 5.64. The van der Waals surface area contributed by atoms with Crippen LogP contribution in [0.2, 0.25) is 0 Å². The summed E-state index contributed by atoms with van der Waals surface area (Å²) >= 11 is 0. The van der Waals surface area contributed by atoms with E-state index < -0.39 is 0 Å². The molecule has 1 fully saturated rings. The van der Waals surface area contributed by atoms with Gasteiger partial charge in [-0.1, -0.05) is 13.8 Å². The molecule has 2 aromatic heterocycles. The second kappa shape index (κ2) is 6.22. The van der Waals surface area contributed by atoms with E-state index in [1.807, 2.05) is 40.0 Å². The van der Waals surface area contributed by atoms with Crippen molar-refractivity contribution in [2.24, 2.45) is 5.92 Å². The first-order valence-corrected chi connectivity index (χ1v) is 9.93. The molecule has 6 heteroatoms. The van der Waals surface area contributed by atoms with Crippen molar-refractivity contribution in [3.8, 4) is 0 Å². The number of nitrogens with one attached hydrogen (secondary N) is 1. The minimum atomic E-state index is -0.00632. The quantitative estimate of drug-likeness (QED) is 0.765. The highest BCUT2D eigenvalue weighted by Crippen LogP contribution is 2.40. The fourth-order valence-corrected chi connectivity index (χ4v) is 4.07. The van der Waals surface area contributed by atoms with Gasteiger partial charge in [0.1, 0.15) is 5.82 Å². The van der Waals surface area contributed by atoms with Crippen LogP contribution in [0.1, 0.15) is 67.1 Å². The van der Waals surface area contributed by atoms with Crippen molar-refractivity contribution in [2.75, 3.05) is 6.54 Å². The average molecular weight is 363 g/mol. The van der Waals surface area contributed by atoms with Gasteiger partial charge in [0.15, 0.2) is 5.82 Å². The molecule has 1 N–H and O–H groups in total. The predicted molar refractivity (Wildman–Crippen MR) is 104 cm³/mol. The number of fused-ring (bicyclic) bond motifs is 2. The van der Waals surface area contributed by atoms with E-state index in [0.29, 0.717) is 18.4 Å². The van der Waals surface area contributed by atoms with E-state index in [1.54, 1.807) is 0 Å². The Morgan fingerprint density at radius 3 is 2.89 bits per heavy atom. The predicted octanol–water partition coefficient (Wildman–Crippen LogP) is 3.88. The number of rotatable bonds is 4. The number of benzene rings is 1. The van der Waals surface area contributed by atoms with E-state index in [9.17, 15) is 4.79 Å². The van der Waals surface area contributed by atoms with Crippen LogP contribution >= 0.6 is 0 Å². The van der Waals surface area contributed by atoms with Gasteiger partial charge < -0.3 is 9.88 Å². The van der Waals surface area contributed by atoms with Gasteiger partial charge in [0.25, 0.3) is 5.91 Å². The van der Waals surface area contributed by atoms with Gasteiger partial charge in [0.05, 0.1) is 12.6 Å². The highest BCUT2D eigenvalue weighted by atomic mass is 16.2. The molecule has 3 aromatic rings. The smallest absolute Gasteiger partial charge is 0.254 e. The van der Waals surface area contributed by atoms with Crippen LogP contribution in [0.15, 0.2) is 30.5 Å². The molecule has 1 aliphatic heterocycles. The highest BCUT2D eigenvalue weighted by molar-refractivity contribution is 5.98. The van der Waals surface area contributed by atoms with E-state index in [-0.39, 0.29) is 11.9 Å². The Labute approximate surface area is 158 Å². The number of aromatic amines is 1. The summed E-state index contributed by atoms with van der Waals surface area (Å²) in [5.41, 5.74) is 1.80. The summed E-state index contributed by atoms with van der Waals surface area (Å²) in [5.74, 6) is 3.04. The maximum absolute atomic E-state index is 13.4. The first-order valence-electron chi connectivity index (χ1n) is 9.93. The standard InChI is InChI=1S/C21H25N5O/c1-13(2)11-18-20-23-19(14-3-4-14)24-26(20)10-9-25(18)21(27)16-5-6-17-15(12-16)7-8-22-17/h5-8,12-14,18,22H,3-4,9-11H2,1-2H3/t18-/m0/s1. The van der Waals surface area contributed by atoms with E-state index >= 15 is 0 Å². The monoisotopic (exact) mass is 363 g/mol. The number of carbonyl (C=O) groups is 1. The fourth-order valence-electron chi connectivity index (χ4n) is 4.07. The molecule has 0 saturated heterocycles. The molecular formula is C21H25N5O. The van der Waals surface area contributed by atoms with Crippen LogP contribution in [0.5, 0.6) is 0 Å². The molecule has 6 nitrogen and oxygen atoms in total. The van der Waals surface area contributed by atoms with Crippen LogP contribution in [-0.2, 0) is 6.54 Å². The van der Waals surface area contributed by atoms with Gasteiger partial charge in [-0.3, -0.25) is 4.79 Å². The zero-order valence-electron chi connectivity index (χ0n) is 15.9. The molecule has 0 bridgehead atoms. The van der Waals surface area contributed by atoms with Crippen molar-refractivity contribution >= 4 is 16.8 Å². The summed E-state index contributed by atoms with van der Waals surface area (Å²) in [6, 6.07) is 7.88. The molecule has 1 aromatic carbocycles. The molecule has 1 saturated carbocycles. The number of H-pyrrole nitrogens is 1. The maximum atomic E-state index is 13.4. The van der Waals surface area contributed by atoms with Crippen molar-refractivity contribution < 1.29 is 4.79 Å². The molecule has 0 radical (unpaired) electrons. The second-order valence-corrected chi connectivity index (χ2v) is 8.25. The molecule has 140 valence electrons. The normalized spacial score (nSPS) is 19.7. The highest BCUT2D eigenvalue weighted by Gasteiger charge is 2.37. The van der Waals surface area contributed by atoms with Crippen molar-refractivity contribution in [3.05, 3.63) is 47.7 Å². The van der Waals surface area contributed by atoms with Crippen molar-refractivity contribution in [1.82, 2.24) is 24.6 Å². The van der Waals surface area contributed by atoms with Gasteiger partial charge in [-0.25, -0.2) is 9.67 Å². The van der Waals surface area contributed by atoms with Crippen molar-refractivity contribution in [1.29, 1.82) is 0 Å². The lowest BCUT2D eigenvalue weighted by atomic mass is 9.99. The van der Waals surface area contributed by atoms with Gasteiger partial charge >= 0.3 is 0 Å². The molecule has 27 heavy (non-hydrogen) atoms. The molecule has 0 unspecified atom stereocenters. The average Bonchev–Trinajstić information content (AvgIpc) is 3.24. The molecule has 1 amide bonds. The molecule has 2 aliphatic rings. The minimum Gasteiger partial charge on any atom is -0.361 e. The number of nitrogens with zero attached hydrogens (tertiary/aromatic N) is 4. The van der Waals surface area contributed by atoms with E-state index in [4.69, 9.17) is 10.1 Å². The minimum absolute atomic E-state index is 0.00632. The van der Waals surface area contributed by atoms with E-state index in [0.717, 1.165) is 41.1 Å². The molecule has 5 rings (SSSR count). The van der Waals surface area contributed by atoms with Crippen molar-refractivity contribution in [2.45, 2.75) is 51.6 Å². The lowest BCUT2D eigenvalue weighted by Crippen LogP contribution is -2.43. The topological polar surface area (TPSA) is 66.8 Å². The third-order valence-corrected chi connectivity index (χ3v) is 5.64. The number of carbonyl (C=O) groups excluding carboxylic acids is 1. The summed E-state index contributed by atoms with van der Waals surface area (Å²) in [4.78, 5) is 23.4. The van der Waals surface area contributed by atoms with Gasteiger partial charge in [-0.05, 0) is 49.4 Å². The Morgan fingerprint density at radius 1 is 1.26 bits per heavy atom. The summed E-state index contributed by atoms with van der Waals surface area (Å²) in [5, 5.41) is 5.80. The zero-order valence-corrected chi connectivity index (χ0v) is 15.9. The molecule has 1 aliphatic carbocycles. The van der Waals surface area contributed by atoms with Crippen LogP contribution in [0.25, 0.3) is 10.9 Å². The van der Waals surface area contributed by atoms with Gasteiger partial charge in [0.2, 0.25) is 0 Å². The Bertz CT molecular complexity index is 997. The SMILES string of the molecule is CC(C)C[C@H]1c2nc(C3CC3)nn2CCN1C(=O)c1ccc2[nH]ccc2c1. The number of hydrogen-bond acceptors (Lipinski definition) is 3. The van der Waals surface area contributed by atoms with Gasteiger partial charge in [0, 0.05) is 35.1 Å². The summed E-state index contributed by atoms with van der Waals surface area (Å²) in [7, 11) is 0. The van der Waals surface area contributed by atoms with Crippen LogP contribution in [-0.4, -0.2) is 37.1 Å². The molecular weight excluding hydrogens is 338 g/mol. The lowest BCUT2D eigenvalue weighted by molar-refractivity contribution is 0.0578. The van der Waals surface area contributed by atoms with Gasteiger partial charge in [-0.2, -0.15) is 5.10 Å². The van der Waals surface area contributed by atoms with Crippen LogP contribution < -0.4 is 0 Å². The maximum Gasteiger partial charge on any atom is 0.254 e. The van der Waals surface area contributed by atoms with Crippen molar-refractivity contribution in [3.63, 3.8) is 0 Å². The number of hydrogen-bond donors (Lipinski definition) is 1. The molecule has 1 atom stereocenters. The Hall–Kier alpha value is -2.63. The van der Waals surface area contributed by atoms with Gasteiger partial charge in [-0.15, -0.1) is 0 Å². The Morgan fingerprint density at radius 2 is 2.11 bits per heavy atom. The first-order chi connectivity index (χ1) is 13.1. The van der Waals surface area contributed by atoms with Crippen LogP contribution in [0, 0.1) is 5.92 Å². The molecule has 3 heterocycles.